The van der Waals surface area contributed by atoms with Crippen molar-refractivity contribution < 1.29 is 4.42 Å². The predicted octanol–water partition coefficient (Wildman–Crippen LogP) is 16.4. The molecule has 0 radical (unpaired) electrons. The molecule has 1 spiro atoms. The summed E-state index contributed by atoms with van der Waals surface area (Å²) in [6.45, 7) is 0. The minimum Gasteiger partial charge on any atom is -0.454 e. The molecule has 0 aliphatic heterocycles. The van der Waals surface area contributed by atoms with Crippen molar-refractivity contribution in [1.82, 2.24) is 0 Å². The zero-order valence-electron chi connectivity index (χ0n) is 34.4. The summed E-state index contributed by atoms with van der Waals surface area (Å²) >= 11 is 0. The summed E-state index contributed by atoms with van der Waals surface area (Å²) in [5.41, 5.74) is 22.0. The van der Waals surface area contributed by atoms with E-state index >= 15 is 0 Å². The van der Waals surface area contributed by atoms with Crippen LogP contribution in [0.25, 0.3) is 77.6 Å². The molecule has 0 N–H and O–H groups in total. The summed E-state index contributed by atoms with van der Waals surface area (Å²) in [7, 11) is 0. The Bertz CT molecular complexity index is 3510. The minimum absolute atomic E-state index is 0.491. The minimum atomic E-state index is -0.491. The Morgan fingerprint density at radius 1 is 0.302 bits per heavy atom. The molecule has 13 rings (SSSR count). The van der Waals surface area contributed by atoms with E-state index in [1.807, 2.05) is 6.07 Å². The van der Waals surface area contributed by atoms with Gasteiger partial charge in [-0.2, -0.15) is 0 Å². The van der Waals surface area contributed by atoms with E-state index in [-0.39, 0.29) is 0 Å². The van der Waals surface area contributed by atoms with Crippen LogP contribution in [-0.4, -0.2) is 0 Å². The fourth-order valence-corrected chi connectivity index (χ4v) is 10.8. The van der Waals surface area contributed by atoms with Crippen molar-refractivity contribution in [3.63, 3.8) is 0 Å². The van der Waals surface area contributed by atoms with E-state index in [0.29, 0.717) is 0 Å². The second kappa shape index (κ2) is 13.9. The van der Waals surface area contributed by atoms with Gasteiger partial charge in [0.15, 0.2) is 5.58 Å². The summed E-state index contributed by atoms with van der Waals surface area (Å²) in [6.07, 6.45) is 0. The molecule has 11 aromatic rings. The highest BCUT2D eigenvalue weighted by Gasteiger charge is 2.49. The van der Waals surface area contributed by atoms with Crippen LogP contribution in [-0.2, 0) is 5.41 Å². The smallest absolute Gasteiger partial charge is 0.159 e. The van der Waals surface area contributed by atoms with Crippen LogP contribution >= 0.6 is 0 Å². The quantitative estimate of drug-likeness (QED) is 0.172. The molecule has 10 aromatic carbocycles. The molecule has 294 valence electrons. The second-order valence-electron chi connectivity index (χ2n) is 16.7. The predicted molar refractivity (Wildman–Crippen MR) is 261 cm³/mol. The van der Waals surface area contributed by atoms with Gasteiger partial charge in [-0.3, -0.25) is 0 Å². The molecule has 1 heterocycles. The lowest BCUT2D eigenvalue weighted by Crippen LogP contribution is -2.29. The number of benzene rings is 10. The number of furan rings is 1. The van der Waals surface area contributed by atoms with E-state index in [1.54, 1.807) is 0 Å². The Balaban J connectivity index is 0.982. The van der Waals surface area contributed by atoms with Gasteiger partial charge in [-0.1, -0.05) is 194 Å². The van der Waals surface area contributed by atoms with Gasteiger partial charge in [0.1, 0.15) is 5.58 Å². The fourth-order valence-electron chi connectivity index (χ4n) is 10.8. The first kappa shape index (κ1) is 35.5. The van der Waals surface area contributed by atoms with E-state index in [2.05, 4.69) is 235 Å². The Morgan fingerprint density at radius 3 is 1.38 bits per heavy atom. The number of hydrogen-bond donors (Lipinski definition) is 0. The summed E-state index contributed by atoms with van der Waals surface area (Å²) < 4.78 is 6.65. The lowest BCUT2D eigenvalue weighted by Gasteiger charge is -2.35. The number of nitrogens with zero attached hydrogens (tertiary/aromatic N) is 1. The molecule has 0 bridgehead atoms. The van der Waals surface area contributed by atoms with Crippen molar-refractivity contribution in [3.8, 4) is 55.6 Å². The molecule has 0 fully saturated rings. The van der Waals surface area contributed by atoms with Crippen molar-refractivity contribution in [1.29, 1.82) is 0 Å². The molecule has 0 atom stereocenters. The summed E-state index contributed by atoms with van der Waals surface area (Å²) in [4.78, 5) is 2.33. The maximum atomic E-state index is 6.65. The molecule has 2 aliphatic carbocycles. The Hall–Kier alpha value is -8.20. The van der Waals surface area contributed by atoms with Gasteiger partial charge in [-0.05, 0) is 120 Å². The van der Waals surface area contributed by atoms with Gasteiger partial charge in [0, 0.05) is 22.1 Å². The van der Waals surface area contributed by atoms with E-state index in [4.69, 9.17) is 4.42 Å². The summed E-state index contributed by atoms with van der Waals surface area (Å²) in [6, 6.07) is 86.6. The van der Waals surface area contributed by atoms with Gasteiger partial charge in [0.25, 0.3) is 0 Å². The molecular weight excluding hydrogens is 763 g/mol. The highest BCUT2D eigenvalue weighted by Crippen LogP contribution is 2.61. The van der Waals surface area contributed by atoms with Crippen LogP contribution in [0, 0.1) is 0 Å². The van der Waals surface area contributed by atoms with Gasteiger partial charge < -0.3 is 9.32 Å². The maximum absolute atomic E-state index is 6.65. The third-order valence-corrected chi connectivity index (χ3v) is 13.5. The van der Waals surface area contributed by atoms with E-state index in [1.165, 1.54) is 72.3 Å². The monoisotopic (exact) mass is 801 g/mol. The van der Waals surface area contributed by atoms with Gasteiger partial charge >= 0.3 is 0 Å². The van der Waals surface area contributed by atoms with Gasteiger partial charge in [-0.25, -0.2) is 0 Å². The highest BCUT2D eigenvalue weighted by molar-refractivity contribution is 6.10. The highest BCUT2D eigenvalue weighted by atomic mass is 16.3. The molecular formula is C61H39NO. The number of fused-ring (bicyclic) bond motifs is 15. The lowest BCUT2D eigenvalue weighted by atomic mass is 9.66. The SMILES string of the molecule is c1ccc(-c2ccc(N(c3ccc(-c4ccc5c(c4)-c4ccccc4-c4ccccc4C54c5ccccc5-c5ccccc54)cc3)c3cccc4c3oc3ccccc34)cc2)cc1. The third kappa shape index (κ3) is 5.25. The van der Waals surface area contributed by atoms with Crippen LogP contribution in [0.2, 0.25) is 0 Å². The molecule has 0 saturated heterocycles. The van der Waals surface area contributed by atoms with Crippen molar-refractivity contribution >= 4 is 39.0 Å². The first-order chi connectivity index (χ1) is 31.3. The van der Waals surface area contributed by atoms with Gasteiger partial charge in [-0.15, -0.1) is 0 Å². The van der Waals surface area contributed by atoms with Crippen LogP contribution < -0.4 is 4.90 Å². The average molecular weight is 802 g/mol. The van der Waals surface area contributed by atoms with Gasteiger partial charge in [0.05, 0.1) is 11.1 Å². The lowest BCUT2D eigenvalue weighted by molar-refractivity contribution is 0.669. The molecule has 0 saturated carbocycles. The molecule has 0 unspecified atom stereocenters. The second-order valence-corrected chi connectivity index (χ2v) is 16.7. The molecule has 1 aromatic heterocycles. The maximum Gasteiger partial charge on any atom is 0.159 e. The summed E-state index contributed by atoms with van der Waals surface area (Å²) in [5, 5.41) is 2.21. The molecule has 63 heavy (non-hydrogen) atoms. The van der Waals surface area contributed by atoms with Crippen molar-refractivity contribution in [2.24, 2.45) is 0 Å². The standard InChI is InChI=1S/C61H39NO/c1-2-15-40(16-3-1)41-29-34-44(35-30-41)62(58-27-14-23-52-51-22-9-13-28-59(51)63-60(52)58)45-36-31-42(32-37-45)43-33-38-57-53(39-43)47-18-5-4-17-46(47)48-19-6-10-24-54(48)61(57)55-25-11-7-20-49(55)50-21-8-12-26-56(50)61/h1-39H. The normalized spacial score (nSPS) is 12.9. The summed E-state index contributed by atoms with van der Waals surface area (Å²) in [5.74, 6) is 0. The first-order valence-electron chi connectivity index (χ1n) is 21.8. The first-order valence-corrected chi connectivity index (χ1v) is 21.8. The Morgan fingerprint density at radius 2 is 0.746 bits per heavy atom. The van der Waals surface area contributed by atoms with Crippen molar-refractivity contribution in [2.45, 2.75) is 5.41 Å². The zero-order valence-corrected chi connectivity index (χ0v) is 34.4. The molecule has 2 heteroatoms. The largest absolute Gasteiger partial charge is 0.454 e. The van der Waals surface area contributed by atoms with E-state index in [0.717, 1.165) is 44.6 Å². The van der Waals surface area contributed by atoms with Crippen LogP contribution in [0.3, 0.4) is 0 Å². The van der Waals surface area contributed by atoms with E-state index in [9.17, 15) is 0 Å². The zero-order chi connectivity index (χ0) is 41.5. The molecule has 2 nitrogen and oxygen atoms in total. The van der Waals surface area contributed by atoms with Crippen LogP contribution in [0.15, 0.2) is 241 Å². The number of para-hydroxylation sites is 2. The molecule has 0 amide bonds. The van der Waals surface area contributed by atoms with Gasteiger partial charge in [0.2, 0.25) is 0 Å². The third-order valence-electron chi connectivity index (χ3n) is 13.5. The number of hydrogen-bond acceptors (Lipinski definition) is 2. The van der Waals surface area contributed by atoms with Crippen molar-refractivity contribution in [3.05, 3.63) is 259 Å². The average Bonchev–Trinajstić information content (AvgIpc) is 3.86. The molecule has 2 aliphatic rings. The fraction of sp³-hybridized carbons (Fsp3) is 0.0164. The van der Waals surface area contributed by atoms with Crippen LogP contribution in [0.1, 0.15) is 22.3 Å². The topological polar surface area (TPSA) is 16.4 Å². The van der Waals surface area contributed by atoms with Crippen molar-refractivity contribution in [2.75, 3.05) is 4.90 Å². The Kier molecular flexibility index (Phi) is 7.85. The Labute approximate surface area is 366 Å². The van der Waals surface area contributed by atoms with Crippen LogP contribution in [0.5, 0.6) is 0 Å². The number of anilines is 3. The number of rotatable bonds is 5. The van der Waals surface area contributed by atoms with E-state index < -0.39 is 5.41 Å². The van der Waals surface area contributed by atoms with Crippen LogP contribution in [0.4, 0.5) is 17.1 Å².